The molecule has 3 aromatic heterocycles. The van der Waals surface area contributed by atoms with Gasteiger partial charge in [-0.3, -0.25) is 9.36 Å². The molecular formula is C18H16N2O5. The third-order valence-corrected chi connectivity index (χ3v) is 3.89. The Morgan fingerprint density at radius 1 is 1.24 bits per heavy atom. The number of aliphatic hydroxyl groups excluding tert-OH is 1. The number of hydrogen-bond donors (Lipinski definition) is 1. The Labute approximate surface area is 142 Å². The number of nitrogens with zero attached hydrogens (tertiary/aromatic N) is 2. The van der Waals surface area contributed by atoms with Crippen molar-refractivity contribution in [2.45, 2.75) is 19.3 Å². The normalized spacial score (nSPS) is 12.8. The Hall–Kier alpha value is -2.90. The van der Waals surface area contributed by atoms with Gasteiger partial charge in [0.05, 0.1) is 31.8 Å². The van der Waals surface area contributed by atoms with E-state index in [9.17, 15) is 9.90 Å². The summed E-state index contributed by atoms with van der Waals surface area (Å²) in [7, 11) is 0. The Balaban J connectivity index is 1.50. The summed E-state index contributed by atoms with van der Waals surface area (Å²) in [6.45, 7) is 0.405. The fourth-order valence-electron chi connectivity index (χ4n) is 2.72. The largest absolute Gasteiger partial charge is 0.467 e. The maximum absolute atomic E-state index is 12.6. The first kappa shape index (κ1) is 15.6. The zero-order valence-corrected chi connectivity index (χ0v) is 13.3. The van der Waals surface area contributed by atoms with Gasteiger partial charge in [-0.15, -0.1) is 0 Å². The summed E-state index contributed by atoms with van der Waals surface area (Å²) in [4.78, 5) is 16.9. The number of ether oxygens (including phenoxy) is 1. The van der Waals surface area contributed by atoms with Crippen LogP contribution >= 0.6 is 0 Å². The van der Waals surface area contributed by atoms with Gasteiger partial charge >= 0.3 is 0 Å². The van der Waals surface area contributed by atoms with Crippen molar-refractivity contribution in [1.82, 2.24) is 9.55 Å². The zero-order valence-electron chi connectivity index (χ0n) is 13.3. The van der Waals surface area contributed by atoms with Crippen molar-refractivity contribution in [3.8, 4) is 0 Å². The number of aliphatic hydroxyl groups is 1. The number of benzene rings is 1. The number of rotatable bonds is 6. The van der Waals surface area contributed by atoms with Gasteiger partial charge in [-0.1, -0.05) is 12.1 Å². The lowest BCUT2D eigenvalue weighted by molar-refractivity contribution is 0.0142. The highest BCUT2D eigenvalue weighted by atomic mass is 16.5. The summed E-state index contributed by atoms with van der Waals surface area (Å²) in [5, 5.41) is 10.9. The average molecular weight is 340 g/mol. The number of aromatic nitrogens is 2. The van der Waals surface area contributed by atoms with Gasteiger partial charge in [0.2, 0.25) is 5.58 Å². The van der Waals surface area contributed by atoms with Gasteiger partial charge in [0.1, 0.15) is 23.5 Å². The summed E-state index contributed by atoms with van der Waals surface area (Å²) in [6, 6.07) is 10.9. The minimum absolute atomic E-state index is 0.0664. The first-order valence-corrected chi connectivity index (χ1v) is 7.87. The number of fused-ring (bicyclic) bond motifs is 3. The number of para-hydroxylation sites is 1. The van der Waals surface area contributed by atoms with Crippen molar-refractivity contribution >= 4 is 22.1 Å². The van der Waals surface area contributed by atoms with Crippen LogP contribution < -0.4 is 5.56 Å². The molecule has 1 atom stereocenters. The highest BCUT2D eigenvalue weighted by Crippen LogP contribution is 2.24. The van der Waals surface area contributed by atoms with Crippen LogP contribution in [-0.2, 0) is 17.9 Å². The molecule has 1 unspecified atom stereocenters. The summed E-state index contributed by atoms with van der Waals surface area (Å²) in [5.41, 5.74) is 1.00. The molecule has 0 bridgehead atoms. The topological polar surface area (TPSA) is 90.6 Å². The first-order valence-electron chi connectivity index (χ1n) is 7.87. The molecule has 0 saturated heterocycles. The minimum Gasteiger partial charge on any atom is -0.467 e. The average Bonchev–Trinajstić information content (AvgIpc) is 3.25. The molecule has 128 valence electrons. The van der Waals surface area contributed by atoms with E-state index in [-0.39, 0.29) is 30.9 Å². The standard InChI is InChI=1S/C18H16N2O5/c21-12(9-23-10-13-4-3-7-24-13)8-20-11-19-16-14-5-1-2-6-15(14)25-17(16)18(20)22/h1-7,11-12,21H,8-10H2. The Morgan fingerprint density at radius 3 is 2.96 bits per heavy atom. The smallest absolute Gasteiger partial charge is 0.297 e. The molecule has 4 aromatic rings. The number of furan rings is 2. The Bertz CT molecular complexity index is 1050. The molecule has 0 spiro atoms. The lowest BCUT2D eigenvalue weighted by atomic mass is 10.2. The van der Waals surface area contributed by atoms with E-state index in [4.69, 9.17) is 13.6 Å². The van der Waals surface area contributed by atoms with E-state index in [1.807, 2.05) is 18.2 Å². The maximum atomic E-state index is 12.6. The second-order valence-electron chi connectivity index (χ2n) is 5.73. The lowest BCUT2D eigenvalue weighted by Gasteiger charge is -2.12. The van der Waals surface area contributed by atoms with E-state index in [0.717, 1.165) is 5.39 Å². The monoisotopic (exact) mass is 340 g/mol. The summed E-state index contributed by atoms with van der Waals surface area (Å²) >= 11 is 0. The molecule has 7 heteroatoms. The predicted molar refractivity (Wildman–Crippen MR) is 90.1 cm³/mol. The van der Waals surface area contributed by atoms with E-state index in [2.05, 4.69) is 4.98 Å². The molecule has 7 nitrogen and oxygen atoms in total. The van der Waals surface area contributed by atoms with E-state index in [1.54, 1.807) is 24.5 Å². The van der Waals surface area contributed by atoms with E-state index >= 15 is 0 Å². The van der Waals surface area contributed by atoms with Crippen molar-refractivity contribution in [2.75, 3.05) is 6.61 Å². The van der Waals surface area contributed by atoms with Crippen molar-refractivity contribution in [2.24, 2.45) is 0 Å². The fourth-order valence-corrected chi connectivity index (χ4v) is 2.72. The molecule has 0 aliphatic heterocycles. The van der Waals surface area contributed by atoms with Crippen LogP contribution in [0.2, 0.25) is 0 Å². The second kappa shape index (κ2) is 6.54. The van der Waals surface area contributed by atoms with Gasteiger partial charge in [0.15, 0.2) is 0 Å². The van der Waals surface area contributed by atoms with Gasteiger partial charge in [-0.2, -0.15) is 0 Å². The van der Waals surface area contributed by atoms with Gasteiger partial charge in [0, 0.05) is 5.39 Å². The molecule has 1 aromatic carbocycles. The predicted octanol–water partition coefficient (Wildman–Crippen LogP) is 2.31. The Morgan fingerprint density at radius 2 is 2.12 bits per heavy atom. The van der Waals surface area contributed by atoms with E-state index < -0.39 is 6.10 Å². The van der Waals surface area contributed by atoms with E-state index in [1.165, 1.54) is 10.9 Å². The quantitative estimate of drug-likeness (QED) is 0.579. The summed E-state index contributed by atoms with van der Waals surface area (Å²) in [5.74, 6) is 0.676. The molecule has 0 saturated carbocycles. The van der Waals surface area contributed by atoms with Gasteiger partial charge in [0.25, 0.3) is 5.56 Å². The maximum Gasteiger partial charge on any atom is 0.297 e. The summed E-state index contributed by atoms with van der Waals surface area (Å²) in [6.07, 6.45) is 2.13. The molecule has 0 fully saturated rings. The van der Waals surface area contributed by atoms with Crippen LogP contribution in [-0.4, -0.2) is 27.4 Å². The Kier molecular flexibility index (Phi) is 4.09. The first-order chi connectivity index (χ1) is 12.2. The third-order valence-electron chi connectivity index (χ3n) is 3.89. The van der Waals surface area contributed by atoms with Crippen LogP contribution in [0.25, 0.3) is 22.1 Å². The molecular weight excluding hydrogens is 324 g/mol. The van der Waals surface area contributed by atoms with Crippen molar-refractivity contribution < 1.29 is 18.7 Å². The van der Waals surface area contributed by atoms with Crippen LogP contribution in [0.15, 0.2) is 62.6 Å². The third kappa shape index (κ3) is 3.07. The van der Waals surface area contributed by atoms with Crippen LogP contribution in [0.3, 0.4) is 0 Å². The molecule has 0 aliphatic rings. The van der Waals surface area contributed by atoms with Crippen molar-refractivity contribution in [1.29, 1.82) is 0 Å². The van der Waals surface area contributed by atoms with E-state index in [0.29, 0.717) is 16.9 Å². The molecule has 0 aliphatic carbocycles. The number of hydrogen-bond acceptors (Lipinski definition) is 6. The molecule has 3 heterocycles. The van der Waals surface area contributed by atoms with Crippen LogP contribution in [0.5, 0.6) is 0 Å². The van der Waals surface area contributed by atoms with Crippen molar-refractivity contribution in [3.63, 3.8) is 0 Å². The zero-order chi connectivity index (χ0) is 17.2. The lowest BCUT2D eigenvalue weighted by Crippen LogP contribution is -2.29. The fraction of sp³-hybridized carbons (Fsp3) is 0.222. The van der Waals surface area contributed by atoms with Crippen molar-refractivity contribution in [3.05, 3.63) is 65.1 Å². The van der Waals surface area contributed by atoms with Gasteiger partial charge < -0.3 is 18.7 Å². The van der Waals surface area contributed by atoms with Crippen LogP contribution in [0, 0.1) is 0 Å². The van der Waals surface area contributed by atoms with Gasteiger partial charge in [-0.25, -0.2) is 4.98 Å². The van der Waals surface area contributed by atoms with Crippen LogP contribution in [0.1, 0.15) is 5.76 Å². The SMILES string of the molecule is O=c1c2oc3ccccc3c2ncn1CC(O)COCc1ccco1. The molecule has 25 heavy (non-hydrogen) atoms. The van der Waals surface area contributed by atoms with Gasteiger partial charge in [-0.05, 0) is 24.3 Å². The van der Waals surface area contributed by atoms with Crippen LogP contribution in [0.4, 0.5) is 0 Å². The second-order valence-corrected chi connectivity index (χ2v) is 5.73. The summed E-state index contributed by atoms with van der Waals surface area (Å²) < 4.78 is 17.5. The molecule has 1 N–H and O–H groups in total. The highest BCUT2D eigenvalue weighted by Gasteiger charge is 2.15. The molecule has 0 radical (unpaired) electrons. The molecule has 4 rings (SSSR count). The molecule has 0 amide bonds. The highest BCUT2D eigenvalue weighted by molar-refractivity contribution is 6.01. The minimum atomic E-state index is -0.851.